The first-order valence-electron chi connectivity index (χ1n) is 8.94. The number of ether oxygens (including phenoxy) is 1. The van der Waals surface area contributed by atoms with E-state index in [-0.39, 0.29) is 5.82 Å². The molecule has 1 amide bonds. The normalized spacial score (nSPS) is 10.7. The molecule has 5 nitrogen and oxygen atoms in total. The number of benzene rings is 2. The molecule has 0 unspecified atom stereocenters. The van der Waals surface area contributed by atoms with Gasteiger partial charge in [0.25, 0.3) is 5.91 Å². The predicted octanol–water partition coefficient (Wildman–Crippen LogP) is 5.10. The number of esters is 1. The summed E-state index contributed by atoms with van der Waals surface area (Å²) in [5.74, 6) is -1.34. The van der Waals surface area contributed by atoms with Crippen LogP contribution in [0.15, 0.2) is 53.0 Å². The Hall–Kier alpha value is -2.93. The van der Waals surface area contributed by atoms with Gasteiger partial charge in [0, 0.05) is 27.2 Å². The van der Waals surface area contributed by atoms with Gasteiger partial charge in [0.1, 0.15) is 5.82 Å². The number of carbonyl (C=O) groups is 2. The molecule has 1 heterocycles. The summed E-state index contributed by atoms with van der Waals surface area (Å²) in [4.78, 5) is 24.6. The number of aryl methyl sites for hydroxylation is 2. The minimum absolute atomic E-state index is 0.331. The Morgan fingerprint density at radius 3 is 2.41 bits per heavy atom. The average molecular weight is 459 g/mol. The fourth-order valence-corrected chi connectivity index (χ4v) is 3.33. The monoisotopic (exact) mass is 458 g/mol. The molecule has 0 atom stereocenters. The molecule has 0 fully saturated rings. The van der Waals surface area contributed by atoms with Gasteiger partial charge in [-0.2, -0.15) is 0 Å². The molecule has 2 aromatic carbocycles. The lowest BCUT2D eigenvalue weighted by molar-refractivity contribution is -0.119. The number of halogens is 2. The summed E-state index contributed by atoms with van der Waals surface area (Å²) in [6, 6.07) is 13.1. The summed E-state index contributed by atoms with van der Waals surface area (Å²) < 4.78 is 21.2. The Morgan fingerprint density at radius 2 is 1.76 bits per heavy atom. The quantitative estimate of drug-likeness (QED) is 0.541. The van der Waals surface area contributed by atoms with Gasteiger partial charge in [0.05, 0.1) is 5.56 Å². The van der Waals surface area contributed by atoms with Gasteiger partial charge < -0.3 is 14.6 Å². The summed E-state index contributed by atoms with van der Waals surface area (Å²) >= 11 is 3.40. The summed E-state index contributed by atoms with van der Waals surface area (Å²) in [5.41, 5.74) is 4.16. The molecule has 0 aliphatic rings. The smallest absolute Gasteiger partial charge is 0.340 e. The molecule has 29 heavy (non-hydrogen) atoms. The molecule has 0 saturated heterocycles. The van der Waals surface area contributed by atoms with E-state index >= 15 is 0 Å². The zero-order valence-corrected chi connectivity index (χ0v) is 17.8. The second-order valence-electron chi connectivity index (χ2n) is 6.68. The molecule has 0 radical (unpaired) electrons. The zero-order chi connectivity index (χ0) is 21.1. The van der Waals surface area contributed by atoms with Crippen LogP contribution in [0.4, 0.5) is 10.1 Å². The van der Waals surface area contributed by atoms with Crippen molar-refractivity contribution < 1.29 is 18.7 Å². The maximum atomic E-state index is 13.2. The second-order valence-corrected chi connectivity index (χ2v) is 7.54. The van der Waals surface area contributed by atoms with Crippen LogP contribution in [0.3, 0.4) is 0 Å². The van der Waals surface area contributed by atoms with Gasteiger partial charge in [-0.05, 0) is 74.9 Å². The van der Waals surface area contributed by atoms with E-state index in [0.717, 1.165) is 21.4 Å². The van der Waals surface area contributed by atoms with Crippen molar-refractivity contribution in [3.63, 3.8) is 0 Å². The molecular weight excluding hydrogens is 439 g/mol. The van der Waals surface area contributed by atoms with Crippen LogP contribution >= 0.6 is 15.9 Å². The highest BCUT2D eigenvalue weighted by Gasteiger charge is 2.19. The third kappa shape index (κ3) is 4.74. The number of hydrogen-bond acceptors (Lipinski definition) is 3. The van der Waals surface area contributed by atoms with Crippen LogP contribution in [0, 0.1) is 26.6 Å². The molecule has 1 aromatic heterocycles. The number of rotatable bonds is 5. The summed E-state index contributed by atoms with van der Waals surface area (Å²) in [7, 11) is 0. The van der Waals surface area contributed by atoms with E-state index in [0.29, 0.717) is 16.9 Å². The summed E-state index contributed by atoms with van der Waals surface area (Å²) in [6.07, 6.45) is 0. The number of nitrogens with one attached hydrogen (secondary N) is 1. The van der Waals surface area contributed by atoms with Crippen molar-refractivity contribution in [2.24, 2.45) is 0 Å². The lowest BCUT2D eigenvalue weighted by Gasteiger charge is -2.10. The van der Waals surface area contributed by atoms with Gasteiger partial charge in [-0.3, -0.25) is 4.79 Å². The van der Waals surface area contributed by atoms with Gasteiger partial charge in [0.15, 0.2) is 6.61 Å². The largest absolute Gasteiger partial charge is 0.452 e. The van der Waals surface area contributed by atoms with Crippen LogP contribution in [0.5, 0.6) is 0 Å². The standard InChI is InChI=1S/C22H20BrFN2O3/c1-13-10-17(6-9-20(13)23)25-21(27)12-29-22(28)19-11-14(2)26(15(19)3)18-7-4-16(24)5-8-18/h4-11H,12H2,1-3H3,(H,25,27). The molecule has 7 heteroatoms. The van der Waals surface area contributed by atoms with E-state index in [1.165, 1.54) is 12.1 Å². The van der Waals surface area contributed by atoms with E-state index in [4.69, 9.17) is 4.74 Å². The third-order valence-corrected chi connectivity index (χ3v) is 5.40. The lowest BCUT2D eigenvalue weighted by atomic mass is 10.2. The number of anilines is 1. The Labute approximate surface area is 176 Å². The Bertz CT molecular complexity index is 1070. The van der Waals surface area contributed by atoms with E-state index in [2.05, 4.69) is 21.2 Å². The van der Waals surface area contributed by atoms with Gasteiger partial charge in [-0.15, -0.1) is 0 Å². The molecule has 0 saturated carbocycles. The maximum Gasteiger partial charge on any atom is 0.340 e. The molecule has 0 spiro atoms. The highest BCUT2D eigenvalue weighted by Crippen LogP contribution is 2.22. The molecule has 1 N–H and O–H groups in total. The van der Waals surface area contributed by atoms with Crippen molar-refractivity contribution in [3.05, 3.63) is 81.3 Å². The lowest BCUT2D eigenvalue weighted by Crippen LogP contribution is -2.21. The molecule has 3 aromatic rings. The molecule has 3 rings (SSSR count). The van der Waals surface area contributed by atoms with E-state index in [1.54, 1.807) is 31.2 Å². The van der Waals surface area contributed by atoms with Gasteiger partial charge in [0.2, 0.25) is 0 Å². The first kappa shape index (κ1) is 20.8. The summed E-state index contributed by atoms with van der Waals surface area (Å²) in [5, 5.41) is 2.70. The van der Waals surface area contributed by atoms with Crippen molar-refractivity contribution >= 4 is 33.5 Å². The first-order chi connectivity index (χ1) is 13.8. The number of nitrogens with zero attached hydrogens (tertiary/aromatic N) is 1. The molecular formula is C22H20BrFN2O3. The minimum atomic E-state index is -0.589. The highest BCUT2D eigenvalue weighted by atomic mass is 79.9. The highest BCUT2D eigenvalue weighted by molar-refractivity contribution is 9.10. The number of aromatic nitrogens is 1. The van der Waals surface area contributed by atoms with Crippen molar-refractivity contribution in [1.82, 2.24) is 4.57 Å². The van der Waals surface area contributed by atoms with Gasteiger partial charge in [-0.25, -0.2) is 9.18 Å². The van der Waals surface area contributed by atoms with Gasteiger partial charge in [-0.1, -0.05) is 15.9 Å². The number of carbonyl (C=O) groups excluding carboxylic acids is 2. The fraction of sp³-hybridized carbons (Fsp3) is 0.182. The van der Waals surface area contributed by atoms with Crippen LogP contribution in [-0.2, 0) is 9.53 Å². The second kappa shape index (κ2) is 8.61. The van der Waals surface area contributed by atoms with E-state index in [9.17, 15) is 14.0 Å². The Kier molecular flexibility index (Phi) is 6.17. The summed E-state index contributed by atoms with van der Waals surface area (Å²) in [6.45, 7) is 5.14. The minimum Gasteiger partial charge on any atom is -0.452 e. The van der Waals surface area contributed by atoms with Crippen molar-refractivity contribution in [2.75, 3.05) is 11.9 Å². The molecule has 150 valence electrons. The average Bonchev–Trinajstić information content (AvgIpc) is 2.98. The van der Waals surface area contributed by atoms with Crippen LogP contribution < -0.4 is 5.32 Å². The number of amides is 1. The third-order valence-electron chi connectivity index (χ3n) is 4.51. The van der Waals surface area contributed by atoms with E-state index in [1.807, 2.05) is 30.5 Å². The maximum absolute atomic E-state index is 13.2. The molecule has 0 bridgehead atoms. The van der Waals surface area contributed by atoms with Gasteiger partial charge >= 0.3 is 5.97 Å². The van der Waals surface area contributed by atoms with E-state index < -0.39 is 18.5 Å². The predicted molar refractivity (Wildman–Crippen MR) is 113 cm³/mol. The van der Waals surface area contributed by atoms with Crippen LogP contribution in [-0.4, -0.2) is 23.1 Å². The van der Waals surface area contributed by atoms with Crippen molar-refractivity contribution in [3.8, 4) is 5.69 Å². The van der Waals surface area contributed by atoms with Crippen LogP contribution in [0.1, 0.15) is 27.3 Å². The zero-order valence-electron chi connectivity index (χ0n) is 16.3. The molecule has 0 aliphatic carbocycles. The fourth-order valence-electron chi connectivity index (χ4n) is 3.09. The Morgan fingerprint density at radius 1 is 1.07 bits per heavy atom. The first-order valence-corrected chi connectivity index (χ1v) is 9.73. The number of hydrogen-bond donors (Lipinski definition) is 1. The van der Waals surface area contributed by atoms with Crippen LogP contribution in [0.25, 0.3) is 5.69 Å². The SMILES string of the molecule is Cc1cc(NC(=O)COC(=O)c2cc(C)n(-c3ccc(F)cc3)c2C)ccc1Br. The van der Waals surface area contributed by atoms with Crippen LogP contribution in [0.2, 0.25) is 0 Å². The van der Waals surface area contributed by atoms with Crippen molar-refractivity contribution in [1.29, 1.82) is 0 Å². The topological polar surface area (TPSA) is 60.3 Å². The molecule has 0 aliphatic heterocycles. The van der Waals surface area contributed by atoms with Crippen molar-refractivity contribution in [2.45, 2.75) is 20.8 Å². The Balaban J connectivity index is 1.68.